The summed E-state index contributed by atoms with van der Waals surface area (Å²) in [6.45, 7) is 2.25. The zero-order chi connectivity index (χ0) is 12.4. The van der Waals surface area contributed by atoms with Gasteiger partial charge in [0, 0.05) is 6.04 Å². The highest BCUT2D eigenvalue weighted by molar-refractivity contribution is 5.89. The zero-order valence-electron chi connectivity index (χ0n) is 10.7. The van der Waals surface area contributed by atoms with Crippen LogP contribution in [0.25, 0.3) is 0 Å². The zero-order valence-corrected chi connectivity index (χ0v) is 10.7. The second-order valence-corrected chi connectivity index (χ2v) is 4.65. The number of carbonyl (C=O) groups excluding carboxylic acids is 1. The van der Waals surface area contributed by atoms with Crippen LogP contribution in [-0.2, 0) is 11.2 Å². The van der Waals surface area contributed by atoms with Gasteiger partial charge >= 0.3 is 5.97 Å². The van der Waals surface area contributed by atoms with Crippen molar-refractivity contribution in [3.63, 3.8) is 0 Å². The molecule has 0 N–H and O–H groups in total. The molecule has 0 spiro atoms. The maximum atomic E-state index is 11.6. The van der Waals surface area contributed by atoms with E-state index in [2.05, 4.69) is 25.1 Å². The number of hydrogen-bond donors (Lipinski definition) is 0. The lowest BCUT2D eigenvalue weighted by atomic mass is 10.0. The van der Waals surface area contributed by atoms with Gasteiger partial charge in [-0.2, -0.15) is 0 Å². The number of aryl methyl sites for hydroxylation is 1. The molecule has 0 fully saturated rings. The summed E-state index contributed by atoms with van der Waals surface area (Å²) in [5.41, 5.74) is 3.31. The molecule has 3 heteroatoms. The number of hydrogen-bond acceptors (Lipinski definition) is 3. The second kappa shape index (κ2) is 4.88. The van der Waals surface area contributed by atoms with Gasteiger partial charge in [0.25, 0.3) is 0 Å². The summed E-state index contributed by atoms with van der Waals surface area (Å²) in [6.07, 6.45) is 2.18. The van der Waals surface area contributed by atoms with Crippen LogP contribution in [0.15, 0.2) is 18.2 Å². The van der Waals surface area contributed by atoms with Crippen molar-refractivity contribution in [2.45, 2.75) is 25.8 Å². The first-order chi connectivity index (χ1) is 8.13. The van der Waals surface area contributed by atoms with Crippen LogP contribution in [0.3, 0.4) is 0 Å². The van der Waals surface area contributed by atoms with Gasteiger partial charge in [-0.3, -0.25) is 0 Å². The SMILES string of the molecule is CCOC(=O)c1ccc2c(c1)CCC2N(C)C. The van der Waals surface area contributed by atoms with Crippen molar-refractivity contribution in [2.24, 2.45) is 0 Å². The Kier molecular flexibility index (Phi) is 3.48. The molecular weight excluding hydrogens is 214 g/mol. The first kappa shape index (κ1) is 12.1. The van der Waals surface area contributed by atoms with Crippen molar-refractivity contribution in [1.82, 2.24) is 4.90 Å². The quantitative estimate of drug-likeness (QED) is 0.751. The highest BCUT2D eigenvalue weighted by Crippen LogP contribution is 2.34. The Labute approximate surface area is 102 Å². The number of ether oxygens (including phenoxy) is 1. The molecular formula is C14H19NO2. The van der Waals surface area contributed by atoms with E-state index in [-0.39, 0.29) is 5.97 Å². The van der Waals surface area contributed by atoms with Crippen LogP contribution in [0.2, 0.25) is 0 Å². The topological polar surface area (TPSA) is 29.5 Å². The molecule has 2 rings (SSSR count). The van der Waals surface area contributed by atoms with Gasteiger partial charge in [-0.1, -0.05) is 6.07 Å². The van der Waals surface area contributed by atoms with E-state index in [1.54, 1.807) is 0 Å². The Balaban J connectivity index is 2.25. The van der Waals surface area contributed by atoms with Gasteiger partial charge in [0.1, 0.15) is 0 Å². The van der Waals surface area contributed by atoms with Crippen LogP contribution >= 0.6 is 0 Å². The van der Waals surface area contributed by atoms with Gasteiger partial charge in [-0.15, -0.1) is 0 Å². The van der Waals surface area contributed by atoms with Crippen LogP contribution in [0.4, 0.5) is 0 Å². The molecule has 1 unspecified atom stereocenters. The number of fused-ring (bicyclic) bond motifs is 1. The molecule has 1 atom stereocenters. The minimum Gasteiger partial charge on any atom is -0.462 e. The average Bonchev–Trinajstić information content (AvgIpc) is 2.71. The van der Waals surface area contributed by atoms with Crippen LogP contribution in [0.1, 0.15) is 40.9 Å². The third kappa shape index (κ3) is 2.34. The third-order valence-corrected chi connectivity index (χ3v) is 3.32. The van der Waals surface area contributed by atoms with Crippen molar-refractivity contribution < 1.29 is 9.53 Å². The summed E-state index contributed by atoms with van der Waals surface area (Å²) >= 11 is 0. The summed E-state index contributed by atoms with van der Waals surface area (Å²) in [5.74, 6) is -0.219. The van der Waals surface area contributed by atoms with Crippen molar-refractivity contribution >= 4 is 5.97 Å². The van der Waals surface area contributed by atoms with Crippen LogP contribution in [-0.4, -0.2) is 31.6 Å². The molecule has 1 aromatic rings. The molecule has 0 aromatic heterocycles. The standard InChI is InChI=1S/C14H19NO2/c1-4-17-14(16)11-5-7-12-10(9-11)6-8-13(12)15(2)3/h5,7,9,13H,4,6,8H2,1-3H3. The monoisotopic (exact) mass is 233 g/mol. The summed E-state index contributed by atoms with van der Waals surface area (Å²) in [7, 11) is 4.19. The Bertz CT molecular complexity index is 426. The van der Waals surface area contributed by atoms with E-state index in [1.807, 2.05) is 19.1 Å². The van der Waals surface area contributed by atoms with Crippen molar-refractivity contribution in [3.8, 4) is 0 Å². The Morgan fingerprint density at radius 2 is 2.24 bits per heavy atom. The molecule has 0 bridgehead atoms. The molecule has 3 nitrogen and oxygen atoms in total. The molecule has 0 aliphatic heterocycles. The average molecular weight is 233 g/mol. The molecule has 17 heavy (non-hydrogen) atoms. The number of benzene rings is 1. The lowest BCUT2D eigenvalue weighted by molar-refractivity contribution is 0.0526. The van der Waals surface area contributed by atoms with E-state index < -0.39 is 0 Å². The number of rotatable bonds is 3. The predicted molar refractivity (Wildman–Crippen MR) is 67.1 cm³/mol. The molecule has 1 aromatic carbocycles. The smallest absolute Gasteiger partial charge is 0.338 e. The van der Waals surface area contributed by atoms with Gasteiger partial charge in [-0.05, 0) is 57.1 Å². The normalized spacial score (nSPS) is 18.2. The lowest BCUT2D eigenvalue weighted by Crippen LogP contribution is -2.17. The molecule has 0 radical (unpaired) electrons. The largest absolute Gasteiger partial charge is 0.462 e. The Hall–Kier alpha value is -1.35. The first-order valence-corrected chi connectivity index (χ1v) is 6.10. The molecule has 1 aliphatic carbocycles. The van der Waals surface area contributed by atoms with Gasteiger partial charge in [-0.25, -0.2) is 4.79 Å². The van der Waals surface area contributed by atoms with Gasteiger partial charge < -0.3 is 9.64 Å². The summed E-state index contributed by atoms with van der Waals surface area (Å²) < 4.78 is 5.01. The summed E-state index contributed by atoms with van der Waals surface area (Å²) in [4.78, 5) is 13.9. The van der Waals surface area contributed by atoms with E-state index in [4.69, 9.17) is 4.74 Å². The minimum atomic E-state index is -0.219. The number of nitrogens with zero attached hydrogens (tertiary/aromatic N) is 1. The van der Waals surface area contributed by atoms with Crippen LogP contribution in [0, 0.1) is 0 Å². The highest BCUT2D eigenvalue weighted by atomic mass is 16.5. The Morgan fingerprint density at radius 3 is 2.88 bits per heavy atom. The fourth-order valence-electron chi connectivity index (χ4n) is 2.47. The highest BCUT2D eigenvalue weighted by Gasteiger charge is 2.24. The van der Waals surface area contributed by atoms with Crippen LogP contribution in [0.5, 0.6) is 0 Å². The predicted octanol–water partition coefficient (Wildman–Crippen LogP) is 2.41. The van der Waals surface area contributed by atoms with Gasteiger partial charge in [0.2, 0.25) is 0 Å². The van der Waals surface area contributed by atoms with Gasteiger partial charge in [0.05, 0.1) is 12.2 Å². The molecule has 0 saturated heterocycles. The fraction of sp³-hybridized carbons (Fsp3) is 0.500. The summed E-state index contributed by atoms with van der Waals surface area (Å²) in [5, 5.41) is 0. The lowest BCUT2D eigenvalue weighted by Gasteiger charge is -2.20. The number of carbonyl (C=O) groups is 1. The van der Waals surface area contributed by atoms with E-state index >= 15 is 0 Å². The second-order valence-electron chi connectivity index (χ2n) is 4.65. The first-order valence-electron chi connectivity index (χ1n) is 6.10. The van der Waals surface area contributed by atoms with Crippen LogP contribution < -0.4 is 0 Å². The van der Waals surface area contributed by atoms with Crippen molar-refractivity contribution in [3.05, 3.63) is 34.9 Å². The van der Waals surface area contributed by atoms with Gasteiger partial charge in [0.15, 0.2) is 0 Å². The van der Waals surface area contributed by atoms with E-state index in [1.165, 1.54) is 11.1 Å². The number of esters is 1. The maximum Gasteiger partial charge on any atom is 0.338 e. The van der Waals surface area contributed by atoms with E-state index in [9.17, 15) is 4.79 Å². The minimum absolute atomic E-state index is 0.219. The fourth-order valence-corrected chi connectivity index (χ4v) is 2.47. The molecule has 0 saturated carbocycles. The molecule has 0 amide bonds. The molecule has 0 heterocycles. The third-order valence-electron chi connectivity index (χ3n) is 3.32. The van der Waals surface area contributed by atoms with E-state index in [0.717, 1.165) is 12.8 Å². The van der Waals surface area contributed by atoms with Crippen molar-refractivity contribution in [1.29, 1.82) is 0 Å². The molecule has 1 aliphatic rings. The maximum absolute atomic E-state index is 11.6. The van der Waals surface area contributed by atoms with Crippen molar-refractivity contribution in [2.75, 3.05) is 20.7 Å². The molecule has 92 valence electrons. The Morgan fingerprint density at radius 1 is 1.47 bits per heavy atom. The van der Waals surface area contributed by atoms with E-state index in [0.29, 0.717) is 18.2 Å². The summed E-state index contributed by atoms with van der Waals surface area (Å²) in [6, 6.07) is 6.41.